The fourth-order valence-electron chi connectivity index (χ4n) is 3.63. The Kier molecular flexibility index (Phi) is 3.76. The van der Waals surface area contributed by atoms with Crippen molar-refractivity contribution in [3.8, 4) is 0 Å². The van der Waals surface area contributed by atoms with Crippen LogP contribution in [0.3, 0.4) is 0 Å². The molecule has 0 saturated carbocycles. The summed E-state index contributed by atoms with van der Waals surface area (Å²) in [6.07, 6.45) is 0. The Bertz CT molecular complexity index is 1050. The SMILES string of the molecule is Cc1ccc(NC(=O)[C@@H](C)N2C(=O)c3cccc4cccc2c34)c(C)c1. The van der Waals surface area contributed by atoms with E-state index in [0.717, 1.165) is 33.3 Å². The van der Waals surface area contributed by atoms with Gasteiger partial charge in [-0.25, -0.2) is 0 Å². The van der Waals surface area contributed by atoms with Crippen molar-refractivity contribution in [1.29, 1.82) is 0 Å². The second-order valence-electron chi connectivity index (χ2n) is 6.84. The maximum absolute atomic E-state index is 12.9. The summed E-state index contributed by atoms with van der Waals surface area (Å²) in [5.41, 5.74) is 4.37. The van der Waals surface area contributed by atoms with E-state index in [-0.39, 0.29) is 11.8 Å². The summed E-state index contributed by atoms with van der Waals surface area (Å²) in [6.45, 7) is 5.74. The second kappa shape index (κ2) is 5.99. The molecular formula is C22H20N2O2. The highest BCUT2D eigenvalue weighted by Gasteiger charge is 2.35. The molecule has 4 rings (SSSR count). The van der Waals surface area contributed by atoms with Gasteiger partial charge in [0.25, 0.3) is 5.91 Å². The van der Waals surface area contributed by atoms with E-state index in [9.17, 15) is 9.59 Å². The zero-order chi connectivity index (χ0) is 18.4. The standard InChI is InChI=1S/C22H20N2O2/c1-13-10-11-18(14(2)12-13)23-21(25)15(3)24-19-9-5-7-16-6-4-8-17(20(16)19)22(24)26/h4-12,15H,1-3H3,(H,23,25)/t15-/m1/s1. The van der Waals surface area contributed by atoms with Crippen LogP contribution in [0, 0.1) is 13.8 Å². The molecule has 0 radical (unpaired) electrons. The third-order valence-corrected chi connectivity index (χ3v) is 5.00. The topological polar surface area (TPSA) is 49.4 Å². The number of carbonyl (C=O) groups excluding carboxylic acids is 2. The molecule has 3 aromatic carbocycles. The van der Waals surface area contributed by atoms with Crippen LogP contribution in [0.5, 0.6) is 0 Å². The van der Waals surface area contributed by atoms with Crippen molar-refractivity contribution in [1.82, 2.24) is 0 Å². The molecule has 0 saturated heterocycles. The van der Waals surface area contributed by atoms with Gasteiger partial charge in [0.2, 0.25) is 5.91 Å². The van der Waals surface area contributed by atoms with Crippen LogP contribution in [0.1, 0.15) is 28.4 Å². The Hall–Kier alpha value is -3.14. The van der Waals surface area contributed by atoms with Gasteiger partial charge in [-0.15, -0.1) is 0 Å². The van der Waals surface area contributed by atoms with Crippen molar-refractivity contribution in [2.45, 2.75) is 26.8 Å². The summed E-state index contributed by atoms with van der Waals surface area (Å²) in [7, 11) is 0. The normalized spacial score (nSPS) is 14.0. The van der Waals surface area contributed by atoms with Crippen LogP contribution in [0.25, 0.3) is 10.8 Å². The molecule has 130 valence electrons. The quantitative estimate of drug-likeness (QED) is 0.763. The summed E-state index contributed by atoms with van der Waals surface area (Å²) in [5.74, 6) is -0.324. The Morgan fingerprint density at radius 2 is 1.77 bits per heavy atom. The predicted octanol–water partition coefficient (Wildman–Crippen LogP) is 4.44. The largest absolute Gasteiger partial charge is 0.324 e. The van der Waals surface area contributed by atoms with E-state index < -0.39 is 6.04 Å². The summed E-state index contributed by atoms with van der Waals surface area (Å²) in [5, 5.41) is 4.89. The number of benzene rings is 3. The first kappa shape index (κ1) is 16.3. The van der Waals surface area contributed by atoms with Crippen LogP contribution in [0.15, 0.2) is 54.6 Å². The number of nitrogens with zero attached hydrogens (tertiary/aromatic N) is 1. The maximum Gasteiger partial charge on any atom is 0.259 e. The average molecular weight is 344 g/mol. The molecule has 0 spiro atoms. The molecule has 3 aromatic rings. The predicted molar refractivity (Wildman–Crippen MR) is 105 cm³/mol. The third-order valence-electron chi connectivity index (χ3n) is 5.00. The van der Waals surface area contributed by atoms with Gasteiger partial charge in [-0.1, -0.05) is 42.0 Å². The molecule has 1 atom stereocenters. The molecule has 0 bridgehead atoms. The van der Waals surface area contributed by atoms with Crippen LogP contribution in [-0.2, 0) is 4.79 Å². The van der Waals surface area contributed by atoms with Crippen LogP contribution < -0.4 is 10.2 Å². The van der Waals surface area contributed by atoms with Crippen LogP contribution in [-0.4, -0.2) is 17.9 Å². The van der Waals surface area contributed by atoms with Crippen LogP contribution in [0.4, 0.5) is 11.4 Å². The Morgan fingerprint density at radius 3 is 2.50 bits per heavy atom. The number of hydrogen-bond acceptors (Lipinski definition) is 2. The zero-order valence-electron chi connectivity index (χ0n) is 15.0. The molecule has 2 amide bonds. The maximum atomic E-state index is 12.9. The van der Waals surface area contributed by atoms with Crippen molar-refractivity contribution in [2.75, 3.05) is 10.2 Å². The Labute approximate surface area is 152 Å². The lowest BCUT2D eigenvalue weighted by Gasteiger charge is -2.25. The van der Waals surface area contributed by atoms with Gasteiger partial charge in [0.05, 0.1) is 5.69 Å². The van der Waals surface area contributed by atoms with E-state index in [4.69, 9.17) is 0 Å². The molecule has 0 aromatic heterocycles. The summed E-state index contributed by atoms with van der Waals surface area (Å²) in [6, 6.07) is 16.8. The molecular weight excluding hydrogens is 324 g/mol. The van der Waals surface area contributed by atoms with Gasteiger partial charge in [-0.3, -0.25) is 14.5 Å². The van der Waals surface area contributed by atoms with E-state index in [0.29, 0.717) is 5.56 Å². The minimum Gasteiger partial charge on any atom is -0.324 e. The van der Waals surface area contributed by atoms with Crippen molar-refractivity contribution in [3.05, 3.63) is 71.3 Å². The van der Waals surface area contributed by atoms with Gasteiger partial charge in [0.15, 0.2) is 0 Å². The molecule has 1 aliphatic heterocycles. The average Bonchev–Trinajstić information content (AvgIpc) is 2.91. The van der Waals surface area contributed by atoms with Crippen molar-refractivity contribution < 1.29 is 9.59 Å². The van der Waals surface area contributed by atoms with Gasteiger partial charge in [-0.05, 0) is 49.9 Å². The van der Waals surface area contributed by atoms with E-state index >= 15 is 0 Å². The van der Waals surface area contributed by atoms with E-state index in [2.05, 4.69) is 5.32 Å². The number of amides is 2. The van der Waals surface area contributed by atoms with Crippen molar-refractivity contribution in [3.63, 3.8) is 0 Å². The highest BCUT2D eigenvalue weighted by atomic mass is 16.2. The highest BCUT2D eigenvalue weighted by molar-refractivity contribution is 6.26. The van der Waals surface area contributed by atoms with Gasteiger partial charge >= 0.3 is 0 Å². The summed E-state index contributed by atoms with van der Waals surface area (Å²) < 4.78 is 0. The summed E-state index contributed by atoms with van der Waals surface area (Å²) >= 11 is 0. The number of anilines is 2. The fourth-order valence-corrected chi connectivity index (χ4v) is 3.63. The minimum atomic E-state index is -0.610. The van der Waals surface area contributed by atoms with E-state index in [1.807, 2.05) is 68.4 Å². The number of hydrogen-bond donors (Lipinski definition) is 1. The van der Waals surface area contributed by atoms with Gasteiger partial charge in [0, 0.05) is 16.6 Å². The lowest BCUT2D eigenvalue weighted by molar-refractivity contribution is -0.117. The molecule has 1 N–H and O–H groups in total. The Balaban J connectivity index is 1.67. The van der Waals surface area contributed by atoms with Crippen LogP contribution in [0.2, 0.25) is 0 Å². The first-order chi connectivity index (χ1) is 12.5. The van der Waals surface area contributed by atoms with Crippen LogP contribution >= 0.6 is 0 Å². The molecule has 0 aliphatic carbocycles. The number of rotatable bonds is 3. The monoisotopic (exact) mass is 344 g/mol. The van der Waals surface area contributed by atoms with Gasteiger partial charge in [0.1, 0.15) is 6.04 Å². The molecule has 1 heterocycles. The smallest absolute Gasteiger partial charge is 0.259 e. The summed E-state index contributed by atoms with van der Waals surface area (Å²) in [4.78, 5) is 27.4. The third kappa shape index (κ3) is 2.46. The van der Waals surface area contributed by atoms with E-state index in [1.165, 1.54) is 0 Å². The van der Waals surface area contributed by atoms with Gasteiger partial charge in [-0.2, -0.15) is 0 Å². The lowest BCUT2D eigenvalue weighted by Crippen LogP contribution is -2.44. The molecule has 4 nitrogen and oxygen atoms in total. The van der Waals surface area contributed by atoms with Gasteiger partial charge < -0.3 is 5.32 Å². The van der Waals surface area contributed by atoms with Crippen molar-refractivity contribution >= 4 is 34.0 Å². The van der Waals surface area contributed by atoms with E-state index in [1.54, 1.807) is 11.8 Å². The lowest BCUT2D eigenvalue weighted by atomic mass is 10.1. The molecule has 26 heavy (non-hydrogen) atoms. The Morgan fingerprint density at radius 1 is 1.04 bits per heavy atom. The minimum absolute atomic E-state index is 0.125. The highest BCUT2D eigenvalue weighted by Crippen LogP contribution is 2.38. The second-order valence-corrected chi connectivity index (χ2v) is 6.84. The number of nitrogens with one attached hydrogen (secondary N) is 1. The molecule has 0 fully saturated rings. The number of carbonyl (C=O) groups is 2. The molecule has 1 aliphatic rings. The first-order valence-corrected chi connectivity index (χ1v) is 8.71. The zero-order valence-corrected chi connectivity index (χ0v) is 15.0. The first-order valence-electron chi connectivity index (χ1n) is 8.71. The fraction of sp³-hybridized carbons (Fsp3) is 0.182. The molecule has 0 unspecified atom stereocenters. The number of aryl methyl sites for hydroxylation is 2. The van der Waals surface area contributed by atoms with Crippen molar-refractivity contribution in [2.24, 2.45) is 0 Å². The molecule has 4 heteroatoms.